The molecule has 2 heterocycles. The standard InChI is InChI=1S/C17H16N2O/c20-12-11-19-9-7-14(8-10-19)5-6-15-13-18-17-4-2-1-3-16(15)17/h1-10,13,20H,11-12H2/b15-6-. The van der Waals surface area contributed by atoms with Crippen molar-refractivity contribution in [2.24, 2.45) is 4.99 Å². The molecule has 2 aliphatic heterocycles. The van der Waals surface area contributed by atoms with Crippen LogP contribution in [0.3, 0.4) is 0 Å². The first kappa shape index (κ1) is 12.6. The fraction of sp³-hybridized carbons (Fsp3) is 0.118. The van der Waals surface area contributed by atoms with E-state index in [4.69, 9.17) is 5.11 Å². The van der Waals surface area contributed by atoms with E-state index in [-0.39, 0.29) is 6.61 Å². The molecule has 0 aliphatic carbocycles. The number of aliphatic hydroxyl groups excluding tert-OH is 1. The normalized spacial score (nSPS) is 17.9. The number of aliphatic hydroxyl groups is 1. The predicted octanol–water partition coefficient (Wildman–Crippen LogP) is 3.05. The van der Waals surface area contributed by atoms with Crippen LogP contribution in [-0.2, 0) is 0 Å². The molecule has 0 bridgehead atoms. The first-order valence-electron chi connectivity index (χ1n) is 6.65. The molecule has 0 saturated carbocycles. The Morgan fingerprint density at radius 3 is 2.70 bits per heavy atom. The van der Waals surface area contributed by atoms with Crippen molar-refractivity contribution < 1.29 is 5.11 Å². The summed E-state index contributed by atoms with van der Waals surface area (Å²) in [5, 5.41) is 8.88. The van der Waals surface area contributed by atoms with Gasteiger partial charge in [0.05, 0.1) is 12.3 Å². The average molecular weight is 264 g/mol. The fourth-order valence-electron chi connectivity index (χ4n) is 2.20. The number of rotatable bonds is 3. The second-order valence-corrected chi connectivity index (χ2v) is 4.66. The third-order valence-electron chi connectivity index (χ3n) is 3.29. The Bertz CT molecular complexity index is 635. The molecular formula is C17H16N2O. The van der Waals surface area contributed by atoms with Crippen molar-refractivity contribution in [3.8, 4) is 0 Å². The molecular weight excluding hydrogens is 248 g/mol. The number of para-hydroxylation sites is 1. The lowest BCUT2D eigenvalue weighted by Crippen LogP contribution is -2.15. The van der Waals surface area contributed by atoms with Gasteiger partial charge in [0.25, 0.3) is 0 Å². The Balaban J connectivity index is 1.76. The molecule has 0 aromatic heterocycles. The summed E-state index contributed by atoms with van der Waals surface area (Å²) in [4.78, 5) is 6.34. The quantitative estimate of drug-likeness (QED) is 0.910. The summed E-state index contributed by atoms with van der Waals surface area (Å²) in [5.41, 5.74) is 4.47. The Labute approximate surface area is 118 Å². The zero-order chi connectivity index (χ0) is 13.8. The van der Waals surface area contributed by atoms with Crippen LogP contribution in [0.1, 0.15) is 5.56 Å². The van der Waals surface area contributed by atoms with Crippen LogP contribution < -0.4 is 0 Å². The summed E-state index contributed by atoms with van der Waals surface area (Å²) in [6, 6.07) is 8.14. The molecule has 0 fully saturated rings. The van der Waals surface area contributed by atoms with Gasteiger partial charge in [0.15, 0.2) is 0 Å². The van der Waals surface area contributed by atoms with Crippen molar-refractivity contribution in [2.45, 2.75) is 0 Å². The monoisotopic (exact) mass is 264 g/mol. The molecule has 0 saturated heterocycles. The minimum Gasteiger partial charge on any atom is -0.395 e. The van der Waals surface area contributed by atoms with Crippen molar-refractivity contribution in [3.63, 3.8) is 0 Å². The van der Waals surface area contributed by atoms with Crippen LogP contribution in [0.2, 0.25) is 0 Å². The summed E-state index contributed by atoms with van der Waals surface area (Å²) in [7, 11) is 0. The first-order chi connectivity index (χ1) is 9.86. The summed E-state index contributed by atoms with van der Waals surface area (Å²) >= 11 is 0. The van der Waals surface area contributed by atoms with Gasteiger partial charge in [-0.1, -0.05) is 30.4 Å². The van der Waals surface area contributed by atoms with E-state index in [1.54, 1.807) is 0 Å². The number of nitrogens with zero attached hydrogens (tertiary/aromatic N) is 2. The highest BCUT2D eigenvalue weighted by atomic mass is 16.3. The maximum absolute atomic E-state index is 8.88. The summed E-state index contributed by atoms with van der Waals surface area (Å²) in [6.07, 6.45) is 14.1. The molecule has 1 N–H and O–H groups in total. The molecule has 20 heavy (non-hydrogen) atoms. The van der Waals surface area contributed by atoms with Gasteiger partial charge in [-0.2, -0.15) is 0 Å². The smallest absolute Gasteiger partial charge is 0.0708 e. The molecule has 1 aromatic rings. The third-order valence-corrected chi connectivity index (χ3v) is 3.29. The van der Waals surface area contributed by atoms with Crippen molar-refractivity contribution in [2.75, 3.05) is 13.2 Å². The van der Waals surface area contributed by atoms with E-state index in [0.717, 1.165) is 16.8 Å². The zero-order valence-electron chi connectivity index (χ0n) is 11.1. The Morgan fingerprint density at radius 1 is 1.10 bits per heavy atom. The molecule has 1 aromatic carbocycles. The van der Waals surface area contributed by atoms with Crippen LogP contribution in [0.25, 0.3) is 5.57 Å². The molecule has 0 atom stereocenters. The molecule has 2 aliphatic rings. The molecule has 0 unspecified atom stereocenters. The van der Waals surface area contributed by atoms with Gasteiger partial charge in [0.1, 0.15) is 0 Å². The van der Waals surface area contributed by atoms with Crippen molar-refractivity contribution in [3.05, 3.63) is 72.1 Å². The number of hydrogen-bond donors (Lipinski definition) is 1. The molecule has 0 amide bonds. The number of fused-ring (bicyclic) bond motifs is 1. The van der Waals surface area contributed by atoms with E-state index in [9.17, 15) is 0 Å². The predicted molar refractivity (Wildman–Crippen MR) is 82.7 cm³/mol. The molecule has 3 heteroatoms. The molecule has 0 radical (unpaired) electrons. The minimum atomic E-state index is 0.158. The lowest BCUT2D eigenvalue weighted by atomic mass is 10.1. The number of hydrogen-bond acceptors (Lipinski definition) is 3. The van der Waals surface area contributed by atoms with E-state index in [1.807, 2.05) is 53.9 Å². The summed E-state index contributed by atoms with van der Waals surface area (Å²) in [5.74, 6) is 0. The van der Waals surface area contributed by atoms with Crippen molar-refractivity contribution in [1.82, 2.24) is 4.90 Å². The molecule has 3 rings (SSSR count). The highest BCUT2D eigenvalue weighted by molar-refractivity contribution is 6.16. The van der Waals surface area contributed by atoms with Crippen LogP contribution in [0.5, 0.6) is 0 Å². The van der Waals surface area contributed by atoms with Crippen molar-refractivity contribution in [1.29, 1.82) is 0 Å². The fourth-order valence-corrected chi connectivity index (χ4v) is 2.20. The SMILES string of the molecule is OCCN1C=CC(=C/C=C2/C=Nc3ccccc32)C=C1. The second kappa shape index (κ2) is 5.72. The molecule has 100 valence electrons. The Kier molecular flexibility index (Phi) is 3.61. The van der Waals surface area contributed by atoms with Gasteiger partial charge in [-0.05, 0) is 23.8 Å². The van der Waals surface area contributed by atoms with E-state index >= 15 is 0 Å². The van der Waals surface area contributed by atoms with Crippen LogP contribution in [0.4, 0.5) is 5.69 Å². The lowest BCUT2D eigenvalue weighted by molar-refractivity contribution is 0.263. The average Bonchev–Trinajstić information content (AvgIpc) is 2.90. The highest BCUT2D eigenvalue weighted by Crippen LogP contribution is 2.30. The Morgan fingerprint density at radius 2 is 1.90 bits per heavy atom. The summed E-state index contributed by atoms with van der Waals surface area (Å²) < 4.78 is 0. The number of benzene rings is 1. The maximum atomic E-state index is 8.88. The van der Waals surface area contributed by atoms with E-state index in [0.29, 0.717) is 6.54 Å². The van der Waals surface area contributed by atoms with Crippen LogP contribution in [0, 0.1) is 0 Å². The van der Waals surface area contributed by atoms with Gasteiger partial charge in [0.2, 0.25) is 0 Å². The van der Waals surface area contributed by atoms with E-state index in [1.165, 1.54) is 5.56 Å². The second-order valence-electron chi connectivity index (χ2n) is 4.66. The highest BCUT2D eigenvalue weighted by Gasteiger charge is 2.09. The maximum Gasteiger partial charge on any atom is 0.0708 e. The van der Waals surface area contributed by atoms with Crippen LogP contribution in [0.15, 0.2) is 71.5 Å². The van der Waals surface area contributed by atoms with Gasteiger partial charge in [-0.25, -0.2) is 0 Å². The van der Waals surface area contributed by atoms with Gasteiger partial charge in [-0.3, -0.25) is 4.99 Å². The van der Waals surface area contributed by atoms with E-state index in [2.05, 4.69) is 23.2 Å². The molecule has 3 nitrogen and oxygen atoms in total. The van der Waals surface area contributed by atoms with E-state index < -0.39 is 0 Å². The Hall–Kier alpha value is -2.39. The minimum absolute atomic E-state index is 0.158. The third kappa shape index (κ3) is 2.63. The van der Waals surface area contributed by atoms with Crippen LogP contribution in [-0.4, -0.2) is 29.4 Å². The van der Waals surface area contributed by atoms with Crippen molar-refractivity contribution >= 4 is 17.5 Å². The largest absolute Gasteiger partial charge is 0.395 e. The number of allylic oxidation sites excluding steroid dienone is 6. The summed E-state index contributed by atoms with van der Waals surface area (Å²) in [6.45, 7) is 0.784. The molecule has 0 spiro atoms. The van der Waals surface area contributed by atoms with Gasteiger partial charge in [0, 0.05) is 36.3 Å². The van der Waals surface area contributed by atoms with Crippen LogP contribution >= 0.6 is 0 Å². The number of β-amino-alcohol motifs (C(OH)–C–C–N with tert-alkyl or cyclic N) is 1. The van der Waals surface area contributed by atoms with Gasteiger partial charge < -0.3 is 10.0 Å². The number of aliphatic imine (C=N–C) groups is 1. The van der Waals surface area contributed by atoms with Gasteiger partial charge in [-0.15, -0.1) is 0 Å². The topological polar surface area (TPSA) is 35.8 Å². The lowest BCUT2D eigenvalue weighted by Gasteiger charge is -2.16. The first-order valence-corrected chi connectivity index (χ1v) is 6.65. The zero-order valence-corrected chi connectivity index (χ0v) is 11.1. The van der Waals surface area contributed by atoms with Gasteiger partial charge >= 0.3 is 0 Å².